The number of hydrogen-bond donors (Lipinski definition) is 1. The van der Waals surface area contributed by atoms with E-state index in [9.17, 15) is 5.21 Å². The van der Waals surface area contributed by atoms with Crippen molar-refractivity contribution >= 4 is 5.71 Å². The number of oxime groups is 1. The second-order valence-corrected chi connectivity index (χ2v) is 9.65. The molecule has 4 aliphatic carbocycles. The Morgan fingerprint density at radius 3 is 2.70 bits per heavy atom. The van der Waals surface area contributed by atoms with Crippen molar-refractivity contribution in [2.75, 3.05) is 0 Å². The van der Waals surface area contributed by atoms with E-state index in [1.165, 1.54) is 25.7 Å². The third kappa shape index (κ3) is 2.70. The molecule has 148 valence electrons. The van der Waals surface area contributed by atoms with Gasteiger partial charge in [0, 0.05) is 5.41 Å². The van der Waals surface area contributed by atoms with Gasteiger partial charge in [-0.3, -0.25) is 0 Å². The Bertz CT molecular complexity index is 687. The molecule has 4 rings (SSSR count). The quantitative estimate of drug-likeness (QED) is 0.401. The maximum atomic E-state index is 9.17. The lowest BCUT2D eigenvalue weighted by Crippen LogP contribution is -2.55. The first kappa shape index (κ1) is 19.1. The van der Waals surface area contributed by atoms with Crippen molar-refractivity contribution in [2.24, 2.45) is 34.2 Å². The summed E-state index contributed by atoms with van der Waals surface area (Å²) in [7, 11) is 0. The summed E-state index contributed by atoms with van der Waals surface area (Å²) < 4.78 is 6.54. The predicted octanol–water partition coefficient (Wildman–Crippen LogP) is 5.58. The van der Waals surface area contributed by atoms with Gasteiger partial charge in [-0.25, -0.2) is 0 Å². The van der Waals surface area contributed by atoms with E-state index < -0.39 is 0 Å². The minimum Gasteiger partial charge on any atom is -0.411 e. The third-order valence-corrected chi connectivity index (χ3v) is 8.56. The lowest BCUT2D eigenvalue weighted by Gasteiger charge is -2.57. The summed E-state index contributed by atoms with van der Waals surface area (Å²) in [4.78, 5) is 0. The molecule has 0 aromatic heterocycles. The van der Waals surface area contributed by atoms with Gasteiger partial charge in [0.1, 0.15) is 5.60 Å². The molecule has 6 atom stereocenters. The van der Waals surface area contributed by atoms with Crippen LogP contribution in [0.15, 0.2) is 16.8 Å². The Labute approximate surface area is 164 Å². The van der Waals surface area contributed by atoms with E-state index in [0.717, 1.165) is 49.7 Å². The van der Waals surface area contributed by atoms with Crippen molar-refractivity contribution in [3.63, 3.8) is 0 Å². The highest BCUT2D eigenvalue weighted by atomic mass is 16.5. The molecule has 4 aliphatic rings. The Morgan fingerprint density at radius 1 is 1.22 bits per heavy atom. The minimum atomic E-state index is -0.370. The van der Waals surface area contributed by atoms with Crippen LogP contribution in [0.1, 0.15) is 78.6 Å². The summed E-state index contributed by atoms with van der Waals surface area (Å²) in [5, 5.41) is 12.6. The van der Waals surface area contributed by atoms with Gasteiger partial charge in [-0.2, -0.15) is 0 Å². The average Bonchev–Trinajstić information content (AvgIpc) is 3.01. The summed E-state index contributed by atoms with van der Waals surface area (Å²) in [5.41, 5.74) is 2.20. The molecule has 0 radical (unpaired) electrons. The zero-order chi connectivity index (χ0) is 19.2. The van der Waals surface area contributed by atoms with Crippen LogP contribution in [-0.4, -0.2) is 22.6 Å². The summed E-state index contributed by atoms with van der Waals surface area (Å²) in [5.74, 6) is 6.14. The zero-order valence-electron chi connectivity index (χ0n) is 17.2. The van der Waals surface area contributed by atoms with E-state index in [0.29, 0.717) is 11.8 Å². The van der Waals surface area contributed by atoms with Crippen LogP contribution in [-0.2, 0) is 4.74 Å². The molecule has 3 heteroatoms. The Hall–Kier alpha value is -1.27. The molecule has 0 bridgehead atoms. The van der Waals surface area contributed by atoms with Gasteiger partial charge in [0.2, 0.25) is 0 Å². The highest BCUT2D eigenvalue weighted by Crippen LogP contribution is 2.67. The van der Waals surface area contributed by atoms with E-state index >= 15 is 0 Å². The minimum absolute atomic E-state index is 0.154. The molecule has 3 nitrogen and oxygen atoms in total. The van der Waals surface area contributed by atoms with Crippen LogP contribution in [0.4, 0.5) is 0 Å². The lowest BCUT2D eigenvalue weighted by atomic mass is 9.49. The maximum absolute atomic E-state index is 9.17. The zero-order valence-corrected chi connectivity index (χ0v) is 17.2. The molecule has 3 fully saturated rings. The fourth-order valence-corrected chi connectivity index (χ4v) is 7.64. The second kappa shape index (κ2) is 6.96. The van der Waals surface area contributed by atoms with Crippen LogP contribution in [0.5, 0.6) is 0 Å². The van der Waals surface area contributed by atoms with Gasteiger partial charge in [0.05, 0.1) is 11.8 Å². The van der Waals surface area contributed by atoms with Crippen molar-refractivity contribution in [2.45, 2.75) is 90.3 Å². The lowest BCUT2D eigenvalue weighted by molar-refractivity contribution is -0.149. The number of fused-ring (bicyclic) bond motifs is 5. The number of nitrogens with zero attached hydrogens (tertiary/aromatic N) is 1. The van der Waals surface area contributed by atoms with Gasteiger partial charge in [0.15, 0.2) is 0 Å². The van der Waals surface area contributed by atoms with Crippen molar-refractivity contribution in [3.8, 4) is 12.3 Å². The predicted molar refractivity (Wildman–Crippen MR) is 109 cm³/mol. The Balaban J connectivity index is 1.65. The number of ether oxygens (including phenoxy) is 1. The number of rotatable bonds is 3. The third-order valence-electron chi connectivity index (χ3n) is 8.56. The molecule has 3 saturated carbocycles. The molecule has 0 amide bonds. The smallest absolute Gasteiger partial charge is 0.134 e. The first-order valence-electron chi connectivity index (χ1n) is 11.1. The van der Waals surface area contributed by atoms with Crippen LogP contribution < -0.4 is 0 Å². The molecule has 1 N–H and O–H groups in total. The van der Waals surface area contributed by atoms with Crippen LogP contribution in [0, 0.1) is 41.4 Å². The Kier molecular flexibility index (Phi) is 4.91. The monoisotopic (exact) mass is 369 g/mol. The topological polar surface area (TPSA) is 41.8 Å². The van der Waals surface area contributed by atoms with E-state index in [1.807, 2.05) is 0 Å². The van der Waals surface area contributed by atoms with Crippen molar-refractivity contribution in [1.29, 1.82) is 0 Å². The fraction of sp³-hybridized carbons (Fsp3) is 0.792. The SMILES string of the molecule is C#C[C@]1(OC(C)C)CC[C@H]2[C@@H]3CCC4=C/C(=N/O)CC[C@@H]4[C@H]3CC[C@@]21CC. The summed E-state index contributed by atoms with van der Waals surface area (Å²) >= 11 is 0. The summed E-state index contributed by atoms with van der Waals surface area (Å²) in [6.45, 7) is 6.59. The largest absolute Gasteiger partial charge is 0.411 e. The van der Waals surface area contributed by atoms with E-state index in [4.69, 9.17) is 11.2 Å². The van der Waals surface area contributed by atoms with E-state index in [-0.39, 0.29) is 17.1 Å². The maximum Gasteiger partial charge on any atom is 0.134 e. The number of hydrogen-bond acceptors (Lipinski definition) is 3. The van der Waals surface area contributed by atoms with Gasteiger partial charge >= 0.3 is 0 Å². The molecule has 27 heavy (non-hydrogen) atoms. The van der Waals surface area contributed by atoms with Gasteiger partial charge in [-0.1, -0.05) is 23.6 Å². The number of terminal acetylenes is 1. The molecule has 0 saturated heterocycles. The highest BCUT2D eigenvalue weighted by Gasteiger charge is 2.64. The highest BCUT2D eigenvalue weighted by molar-refractivity contribution is 5.96. The average molecular weight is 370 g/mol. The van der Waals surface area contributed by atoms with Crippen LogP contribution >= 0.6 is 0 Å². The van der Waals surface area contributed by atoms with Crippen LogP contribution in [0.25, 0.3) is 0 Å². The molecule has 0 unspecified atom stereocenters. The summed E-state index contributed by atoms with van der Waals surface area (Å²) in [6.07, 6.45) is 18.9. The van der Waals surface area contributed by atoms with Gasteiger partial charge < -0.3 is 9.94 Å². The van der Waals surface area contributed by atoms with Crippen molar-refractivity contribution in [3.05, 3.63) is 11.6 Å². The van der Waals surface area contributed by atoms with Gasteiger partial charge in [0.25, 0.3) is 0 Å². The standard InChI is InChI=1S/C24H35NO2/c1-5-23-13-11-20-19-10-8-18(25-26)15-17(19)7-9-21(20)22(23)12-14-24(23,6-2)27-16(3)4/h2,15-16,19-22,26H,5,7-14H2,1,3-4H3/b25-18+/t19-,20+,21+,22-,23-,24-/m0/s1. The molecular formula is C24H35NO2. The van der Waals surface area contributed by atoms with Crippen LogP contribution in [0.2, 0.25) is 0 Å². The normalized spacial score (nSPS) is 45.0. The van der Waals surface area contributed by atoms with Crippen LogP contribution in [0.3, 0.4) is 0 Å². The molecular weight excluding hydrogens is 334 g/mol. The van der Waals surface area contributed by atoms with Crippen molar-refractivity contribution < 1.29 is 9.94 Å². The molecule has 0 heterocycles. The molecule has 0 aromatic carbocycles. The van der Waals surface area contributed by atoms with Gasteiger partial charge in [-0.05, 0) is 101 Å². The molecule has 0 spiro atoms. The first-order chi connectivity index (χ1) is 13.0. The van der Waals surface area contributed by atoms with E-state index in [2.05, 4.69) is 37.9 Å². The first-order valence-corrected chi connectivity index (χ1v) is 11.1. The van der Waals surface area contributed by atoms with Crippen molar-refractivity contribution in [1.82, 2.24) is 0 Å². The van der Waals surface area contributed by atoms with Gasteiger partial charge in [-0.15, -0.1) is 6.42 Å². The molecule has 0 aliphatic heterocycles. The summed E-state index contributed by atoms with van der Waals surface area (Å²) in [6, 6.07) is 0. The molecule has 0 aromatic rings. The second-order valence-electron chi connectivity index (χ2n) is 9.65. The fourth-order valence-electron chi connectivity index (χ4n) is 7.64. The number of allylic oxidation sites excluding steroid dienone is 2. The Morgan fingerprint density at radius 2 is 2.04 bits per heavy atom. The van der Waals surface area contributed by atoms with E-state index in [1.54, 1.807) is 5.57 Å².